The number of hydrogen-bond donors (Lipinski definition) is 0. The topological polar surface area (TPSA) is 33.2 Å². The predicted molar refractivity (Wildman–Crippen MR) is 100 cm³/mol. The molecule has 0 bridgehead atoms. The van der Waals surface area contributed by atoms with Crippen LogP contribution in [0.1, 0.15) is 23.9 Å². The summed E-state index contributed by atoms with van der Waals surface area (Å²) >= 11 is 1.69. The van der Waals surface area contributed by atoms with Crippen LogP contribution in [-0.2, 0) is 17.6 Å². The number of hydrogen-bond acceptors (Lipinski definition) is 3. The van der Waals surface area contributed by atoms with Crippen LogP contribution < -0.4 is 0 Å². The molecule has 0 spiro atoms. The highest BCUT2D eigenvalue weighted by atomic mass is 32.1. The Morgan fingerprint density at radius 2 is 1.79 bits per heavy atom. The molecule has 4 heteroatoms. The van der Waals surface area contributed by atoms with Crippen LogP contribution in [0.3, 0.4) is 0 Å². The van der Waals surface area contributed by atoms with Crippen molar-refractivity contribution in [3.8, 4) is 0 Å². The van der Waals surface area contributed by atoms with Gasteiger partial charge in [-0.2, -0.15) is 0 Å². The molecule has 0 fully saturated rings. The van der Waals surface area contributed by atoms with Gasteiger partial charge in [-0.1, -0.05) is 42.5 Å². The fraction of sp³-hybridized carbons (Fsp3) is 0.300. The van der Waals surface area contributed by atoms with Crippen LogP contribution in [0.5, 0.6) is 0 Å². The molecule has 0 aliphatic rings. The molecule has 0 atom stereocenters. The first kappa shape index (κ1) is 16.7. The summed E-state index contributed by atoms with van der Waals surface area (Å²) in [5, 5.41) is 1.05. The van der Waals surface area contributed by atoms with Crippen molar-refractivity contribution in [1.82, 2.24) is 9.88 Å². The quantitative estimate of drug-likeness (QED) is 0.643. The zero-order valence-corrected chi connectivity index (χ0v) is 14.8. The number of para-hydroxylation sites is 1. The second-order valence-electron chi connectivity index (χ2n) is 5.78. The second-order valence-corrected chi connectivity index (χ2v) is 6.90. The Hall–Kier alpha value is -2.20. The number of rotatable bonds is 7. The lowest BCUT2D eigenvalue weighted by molar-refractivity contribution is -0.130. The number of fused-ring (bicyclic) bond motifs is 1. The minimum absolute atomic E-state index is 0.215. The number of likely N-dealkylation sites (N-methyl/N-ethyl adjacent to an activating group) is 1. The molecule has 0 saturated heterocycles. The number of nitrogens with zero attached hydrogens (tertiary/aromatic N) is 2. The number of aryl methyl sites for hydroxylation is 1. The van der Waals surface area contributed by atoms with Gasteiger partial charge in [-0.3, -0.25) is 4.79 Å². The van der Waals surface area contributed by atoms with Gasteiger partial charge in [0.1, 0.15) is 0 Å². The molecule has 0 radical (unpaired) electrons. The SMILES string of the molecule is CCN(CCc1ccccc1)C(=O)CCc1nc2ccccc2s1. The van der Waals surface area contributed by atoms with E-state index in [9.17, 15) is 4.79 Å². The lowest BCUT2D eigenvalue weighted by atomic mass is 10.1. The fourth-order valence-corrected chi connectivity index (χ4v) is 3.73. The summed E-state index contributed by atoms with van der Waals surface area (Å²) in [7, 11) is 0. The van der Waals surface area contributed by atoms with E-state index in [1.165, 1.54) is 10.3 Å². The summed E-state index contributed by atoms with van der Waals surface area (Å²) in [6, 6.07) is 18.5. The largest absolute Gasteiger partial charge is 0.343 e. The number of amides is 1. The Balaban J connectivity index is 1.54. The molecule has 0 aliphatic heterocycles. The van der Waals surface area contributed by atoms with E-state index in [0.717, 1.165) is 36.5 Å². The van der Waals surface area contributed by atoms with Crippen LogP contribution in [0, 0.1) is 0 Å². The molecule has 2 aromatic carbocycles. The van der Waals surface area contributed by atoms with Crippen LogP contribution >= 0.6 is 11.3 Å². The average molecular weight is 338 g/mol. The summed E-state index contributed by atoms with van der Waals surface area (Å²) in [4.78, 5) is 19.0. The van der Waals surface area contributed by atoms with Crippen LogP contribution in [0.4, 0.5) is 0 Å². The van der Waals surface area contributed by atoms with Crippen LogP contribution in [-0.4, -0.2) is 28.9 Å². The molecule has 1 heterocycles. The molecule has 0 unspecified atom stereocenters. The Bertz CT molecular complexity index is 765. The highest BCUT2D eigenvalue weighted by Gasteiger charge is 2.13. The molecule has 24 heavy (non-hydrogen) atoms. The third-order valence-corrected chi connectivity index (χ3v) is 5.23. The van der Waals surface area contributed by atoms with Crippen molar-refractivity contribution in [2.24, 2.45) is 0 Å². The highest BCUT2D eigenvalue weighted by molar-refractivity contribution is 7.18. The van der Waals surface area contributed by atoms with Crippen LogP contribution in [0.15, 0.2) is 54.6 Å². The normalized spacial score (nSPS) is 10.9. The van der Waals surface area contributed by atoms with E-state index in [-0.39, 0.29) is 5.91 Å². The Morgan fingerprint density at radius 1 is 1.04 bits per heavy atom. The minimum Gasteiger partial charge on any atom is -0.343 e. The van der Waals surface area contributed by atoms with Gasteiger partial charge in [-0.05, 0) is 31.0 Å². The van der Waals surface area contributed by atoms with Crippen LogP contribution in [0.25, 0.3) is 10.2 Å². The van der Waals surface area contributed by atoms with Gasteiger partial charge in [0.15, 0.2) is 0 Å². The number of thiazole rings is 1. The van der Waals surface area contributed by atoms with Crippen LogP contribution in [0.2, 0.25) is 0 Å². The summed E-state index contributed by atoms with van der Waals surface area (Å²) < 4.78 is 1.19. The van der Waals surface area contributed by atoms with Gasteiger partial charge in [-0.25, -0.2) is 4.98 Å². The van der Waals surface area contributed by atoms with Crippen molar-refractivity contribution in [3.63, 3.8) is 0 Å². The molecule has 0 N–H and O–H groups in total. The maximum atomic E-state index is 12.5. The Kier molecular flexibility index (Phi) is 5.59. The van der Waals surface area contributed by atoms with Gasteiger partial charge in [0.25, 0.3) is 0 Å². The third-order valence-electron chi connectivity index (χ3n) is 4.14. The molecule has 3 nitrogen and oxygen atoms in total. The third kappa shape index (κ3) is 4.20. The minimum atomic E-state index is 0.215. The lowest BCUT2D eigenvalue weighted by Gasteiger charge is -2.20. The maximum Gasteiger partial charge on any atom is 0.222 e. The van der Waals surface area contributed by atoms with Gasteiger partial charge in [-0.15, -0.1) is 11.3 Å². The van der Waals surface area contributed by atoms with Gasteiger partial charge in [0.2, 0.25) is 5.91 Å². The molecule has 3 aromatic rings. The molecule has 124 valence electrons. The molecule has 1 aromatic heterocycles. The average Bonchev–Trinajstić information content (AvgIpc) is 3.04. The van der Waals surface area contributed by atoms with E-state index in [1.54, 1.807) is 11.3 Å². The van der Waals surface area contributed by atoms with E-state index in [2.05, 4.69) is 23.2 Å². The van der Waals surface area contributed by atoms with E-state index < -0.39 is 0 Å². The predicted octanol–water partition coefficient (Wildman–Crippen LogP) is 4.32. The van der Waals surface area contributed by atoms with Crippen molar-refractivity contribution in [1.29, 1.82) is 0 Å². The van der Waals surface area contributed by atoms with E-state index in [0.29, 0.717) is 6.42 Å². The first-order valence-corrected chi connectivity index (χ1v) is 9.24. The van der Waals surface area contributed by atoms with Gasteiger partial charge < -0.3 is 4.90 Å². The van der Waals surface area contributed by atoms with Crippen molar-refractivity contribution in [2.75, 3.05) is 13.1 Å². The zero-order chi connectivity index (χ0) is 16.8. The second kappa shape index (κ2) is 8.06. The summed E-state index contributed by atoms with van der Waals surface area (Å²) in [6.07, 6.45) is 2.16. The fourth-order valence-electron chi connectivity index (χ4n) is 2.77. The zero-order valence-electron chi connectivity index (χ0n) is 13.9. The highest BCUT2D eigenvalue weighted by Crippen LogP contribution is 2.22. The van der Waals surface area contributed by atoms with Gasteiger partial charge in [0.05, 0.1) is 15.2 Å². The standard InChI is InChI=1S/C20H22N2OS/c1-2-22(15-14-16-8-4-3-5-9-16)20(23)13-12-19-21-17-10-6-7-11-18(17)24-19/h3-11H,2,12-15H2,1H3. The smallest absolute Gasteiger partial charge is 0.222 e. The lowest BCUT2D eigenvalue weighted by Crippen LogP contribution is -2.32. The first-order valence-electron chi connectivity index (χ1n) is 8.42. The molecule has 3 rings (SSSR count). The van der Waals surface area contributed by atoms with Gasteiger partial charge >= 0.3 is 0 Å². The van der Waals surface area contributed by atoms with Crippen molar-refractivity contribution in [2.45, 2.75) is 26.2 Å². The monoisotopic (exact) mass is 338 g/mol. The molecular formula is C20H22N2OS. The van der Waals surface area contributed by atoms with Crippen molar-refractivity contribution in [3.05, 3.63) is 65.2 Å². The van der Waals surface area contributed by atoms with Gasteiger partial charge in [0, 0.05) is 25.9 Å². The number of aromatic nitrogens is 1. The number of carbonyl (C=O) groups excluding carboxylic acids is 1. The molecule has 1 amide bonds. The Morgan fingerprint density at radius 3 is 2.54 bits per heavy atom. The summed E-state index contributed by atoms with van der Waals surface area (Å²) in [5.74, 6) is 0.215. The molecular weight excluding hydrogens is 316 g/mol. The first-order chi connectivity index (χ1) is 11.8. The van der Waals surface area contributed by atoms with E-state index in [1.807, 2.05) is 48.2 Å². The maximum absolute atomic E-state index is 12.5. The summed E-state index contributed by atoms with van der Waals surface area (Å²) in [5.41, 5.74) is 2.30. The molecule has 0 aliphatic carbocycles. The van der Waals surface area contributed by atoms with E-state index in [4.69, 9.17) is 0 Å². The van der Waals surface area contributed by atoms with Crippen molar-refractivity contribution >= 4 is 27.5 Å². The molecule has 0 saturated carbocycles. The van der Waals surface area contributed by atoms with E-state index >= 15 is 0 Å². The number of carbonyl (C=O) groups is 1. The summed E-state index contributed by atoms with van der Waals surface area (Å²) in [6.45, 7) is 3.57. The van der Waals surface area contributed by atoms with Crippen molar-refractivity contribution < 1.29 is 4.79 Å². The number of benzene rings is 2. The Labute approximate surface area is 147 Å².